The Kier molecular flexibility index (Phi) is 2.84. The van der Waals surface area contributed by atoms with E-state index in [9.17, 15) is 4.39 Å². The molecule has 2 aromatic heterocycles. The Morgan fingerprint density at radius 2 is 2.19 bits per heavy atom. The third-order valence-corrected chi connectivity index (χ3v) is 4.69. The first-order valence-electron chi connectivity index (χ1n) is 6.59. The van der Waals surface area contributed by atoms with Crippen LogP contribution in [0.15, 0.2) is 18.2 Å². The van der Waals surface area contributed by atoms with Crippen molar-refractivity contribution in [3.8, 4) is 0 Å². The fourth-order valence-corrected chi connectivity index (χ4v) is 3.58. The molecule has 0 bridgehead atoms. The molecule has 0 radical (unpaired) electrons. The number of halogens is 2. The number of benzene rings is 1. The first-order chi connectivity index (χ1) is 10.1. The average molecular weight is 395 g/mol. The molecule has 1 unspecified atom stereocenters. The number of nitrogens with two attached hydrogens (primary N) is 1. The molecule has 3 N–H and O–H groups in total. The zero-order chi connectivity index (χ0) is 14.6. The van der Waals surface area contributed by atoms with Gasteiger partial charge in [0.25, 0.3) is 0 Å². The Morgan fingerprint density at radius 1 is 1.33 bits per heavy atom. The van der Waals surface area contributed by atoms with Crippen LogP contribution in [0, 0.1) is 9.52 Å². The van der Waals surface area contributed by atoms with Gasteiger partial charge in [-0.05, 0) is 58.7 Å². The molecule has 2 heterocycles. The average Bonchev–Trinajstić information content (AvgIpc) is 3.02. The summed E-state index contributed by atoms with van der Waals surface area (Å²) < 4.78 is 14.1. The first kappa shape index (κ1) is 12.9. The minimum Gasteiger partial charge on any atom is -0.383 e. The lowest BCUT2D eigenvalue weighted by atomic mass is 10.0. The number of rotatable bonds is 1. The third-order valence-electron chi connectivity index (χ3n) is 3.91. The maximum Gasteiger partial charge on any atom is 0.187 e. The summed E-state index contributed by atoms with van der Waals surface area (Å²) in [5.41, 5.74) is 8.73. The second kappa shape index (κ2) is 4.62. The van der Waals surface area contributed by atoms with Crippen LogP contribution in [-0.4, -0.2) is 20.2 Å². The topological polar surface area (TPSA) is 80.5 Å². The van der Waals surface area contributed by atoms with Crippen LogP contribution in [0.1, 0.15) is 29.3 Å². The van der Waals surface area contributed by atoms with Crippen molar-refractivity contribution in [1.29, 1.82) is 0 Å². The second-order valence-corrected chi connectivity index (χ2v) is 6.22. The quantitative estimate of drug-likeness (QED) is 0.621. The van der Waals surface area contributed by atoms with Gasteiger partial charge in [-0.1, -0.05) is 6.07 Å². The molecule has 3 aromatic rings. The maximum absolute atomic E-state index is 13.3. The number of nitrogens with zero attached hydrogens (tertiary/aromatic N) is 3. The molecule has 4 rings (SSSR count). The lowest BCUT2D eigenvalue weighted by molar-refractivity contribution is 0.626. The Hall–Kier alpha value is -1.77. The van der Waals surface area contributed by atoms with Crippen LogP contribution >= 0.6 is 22.6 Å². The number of aromatic amines is 1. The molecule has 21 heavy (non-hydrogen) atoms. The van der Waals surface area contributed by atoms with Gasteiger partial charge in [0.15, 0.2) is 5.65 Å². The van der Waals surface area contributed by atoms with E-state index in [4.69, 9.17) is 5.73 Å². The predicted octanol–water partition coefficient (Wildman–Crippen LogP) is 2.76. The van der Waals surface area contributed by atoms with Gasteiger partial charge in [-0.3, -0.25) is 5.10 Å². The zero-order valence-corrected chi connectivity index (χ0v) is 13.1. The Bertz CT molecular complexity index is 860. The smallest absolute Gasteiger partial charge is 0.187 e. The molecule has 0 saturated carbocycles. The van der Waals surface area contributed by atoms with Crippen molar-refractivity contribution in [3.63, 3.8) is 0 Å². The molecule has 1 aromatic carbocycles. The highest BCUT2D eigenvalue weighted by molar-refractivity contribution is 14.1. The van der Waals surface area contributed by atoms with Gasteiger partial charge in [0.2, 0.25) is 0 Å². The van der Waals surface area contributed by atoms with Crippen molar-refractivity contribution in [3.05, 3.63) is 44.7 Å². The highest BCUT2D eigenvalue weighted by atomic mass is 127. The lowest BCUT2D eigenvalue weighted by Gasteiger charge is -2.11. The molecule has 106 valence electrons. The monoisotopic (exact) mass is 395 g/mol. The van der Waals surface area contributed by atoms with Gasteiger partial charge in [0.1, 0.15) is 21.2 Å². The molecule has 0 saturated heterocycles. The molecule has 1 atom stereocenters. The summed E-state index contributed by atoms with van der Waals surface area (Å²) in [5.74, 6) is 0.950. The van der Waals surface area contributed by atoms with Gasteiger partial charge in [-0.2, -0.15) is 5.10 Å². The van der Waals surface area contributed by atoms with Gasteiger partial charge in [0.05, 0.1) is 5.39 Å². The fraction of sp³-hybridized carbons (Fsp3) is 0.214. The van der Waals surface area contributed by atoms with Gasteiger partial charge >= 0.3 is 0 Å². The molecule has 5 nitrogen and oxygen atoms in total. The first-order valence-corrected chi connectivity index (χ1v) is 7.66. The second-order valence-electron chi connectivity index (χ2n) is 5.14. The molecular weight excluding hydrogens is 384 g/mol. The number of H-pyrrole nitrogens is 1. The summed E-state index contributed by atoms with van der Waals surface area (Å²) in [6, 6.07) is 4.89. The number of hydrogen-bond acceptors (Lipinski definition) is 4. The highest BCUT2D eigenvalue weighted by Gasteiger charge is 2.27. The van der Waals surface area contributed by atoms with E-state index in [1.165, 1.54) is 6.07 Å². The van der Waals surface area contributed by atoms with Crippen molar-refractivity contribution in [2.24, 2.45) is 0 Å². The molecule has 7 heteroatoms. The Morgan fingerprint density at radius 3 is 3.05 bits per heavy atom. The summed E-state index contributed by atoms with van der Waals surface area (Å²) in [6.45, 7) is 0. The summed E-state index contributed by atoms with van der Waals surface area (Å²) in [4.78, 5) is 8.97. The van der Waals surface area contributed by atoms with Gasteiger partial charge < -0.3 is 5.73 Å². The van der Waals surface area contributed by atoms with Crippen molar-refractivity contribution in [2.45, 2.75) is 18.8 Å². The number of aromatic nitrogens is 4. The summed E-state index contributed by atoms with van der Waals surface area (Å²) in [6.07, 6.45) is 1.70. The van der Waals surface area contributed by atoms with Crippen LogP contribution in [0.4, 0.5) is 10.2 Å². The van der Waals surface area contributed by atoms with E-state index >= 15 is 0 Å². The van der Waals surface area contributed by atoms with E-state index < -0.39 is 0 Å². The van der Waals surface area contributed by atoms with Crippen molar-refractivity contribution < 1.29 is 4.39 Å². The minimum atomic E-state index is -0.202. The van der Waals surface area contributed by atoms with Crippen molar-refractivity contribution >= 4 is 39.4 Å². The normalized spacial score (nSPS) is 17.3. The largest absolute Gasteiger partial charge is 0.383 e. The van der Waals surface area contributed by atoms with Gasteiger partial charge in [0, 0.05) is 5.92 Å². The van der Waals surface area contributed by atoms with Gasteiger partial charge in [-0.15, -0.1) is 0 Å². The molecular formula is C14H11FIN5. The van der Waals surface area contributed by atoms with Crippen LogP contribution in [0.2, 0.25) is 0 Å². The van der Waals surface area contributed by atoms with E-state index in [0.717, 1.165) is 33.1 Å². The lowest BCUT2D eigenvalue weighted by Crippen LogP contribution is -2.06. The standard InChI is InChI=1S/C14H11FIN5/c15-7-2-4-8-6(5-7)1-3-9(8)13-18-12(17)10-11(16)20-21-14(10)19-13/h2,4-5,9H,1,3H2,(H3,17,18,19,20,21). The fourth-order valence-electron chi connectivity index (χ4n) is 2.94. The van der Waals surface area contributed by atoms with Crippen LogP contribution in [0.25, 0.3) is 11.0 Å². The number of anilines is 1. The number of hydrogen-bond donors (Lipinski definition) is 2. The van der Waals surface area contributed by atoms with Crippen LogP contribution in [0.3, 0.4) is 0 Å². The molecule has 0 spiro atoms. The third kappa shape index (κ3) is 1.98. The number of nitrogens with one attached hydrogen (secondary N) is 1. The SMILES string of the molecule is Nc1nc(C2CCc3cc(F)ccc32)nc2n[nH]c(I)c12. The highest BCUT2D eigenvalue weighted by Crippen LogP contribution is 2.37. The summed E-state index contributed by atoms with van der Waals surface area (Å²) in [7, 11) is 0. The van der Waals surface area contributed by atoms with E-state index in [1.807, 2.05) is 6.07 Å². The van der Waals surface area contributed by atoms with E-state index in [0.29, 0.717) is 17.3 Å². The molecule has 1 aliphatic rings. The molecule has 0 aliphatic heterocycles. The number of aryl methyl sites for hydroxylation is 1. The Labute approximate surface area is 133 Å². The van der Waals surface area contributed by atoms with Crippen LogP contribution < -0.4 is 5.73 Å². The molecule has 1 aliphatic carbocycles. The molecule has 0 fully saturated rings. The van der Waals surface area contributed by atoms with E-state index in [-0.39, 0.29) is 11.7 Å². The van der Waals surface area contributed by atoms with E-state index in [2.05, 4.69) is 42.8 Å². The summed E-state index contributed by atoms with van der Waals surface area (Å²) in [5, 5.41) is 7.78. The van der Waals surface area contributed by atoms with Crippen LogP contribution in [-0.2, 0) is 6.42 Å². The number of nitrogen functional groups attached to an aromatic ring is 1. The van der Waals surface area contributed by atoms with Crippen molar-refractivity contribution in [2.75, 3.05) is 5.73 Å². The Balaban J connectivity index is 1.86. The number of fused-ring (bicyclic) bond motifs is 2. The van der Waals surface area contributed by atoms with Crippen molar-refractivity contribution in [1.82, 2.24) is 20.2 Å². The molecule has 0 amide bonds. The zero-order valence-electron chi connectivity index (χ0n) is 10.9. The predicted molar refractivity (Wildman–Crippen MR) is 85.4 cm³/mol. The maximum atomic E-state index is 13.3. The van der Waals surface area contributed by atoms with Gasteiger partial charge in [-0.25, -0.2) is 14.4 Å². The van der Waals surface area contributed by atoms with E-state index in [1.54, 1.807) is 6.07 Å². The summed E-state index contributed by atoms with van der Waals surface area (Å²) >= 11 is 2.12. The van der Waals surface area contributed by atoms with Crippen LogP contribution in [0.5, 0.6) is 0 Å². The minimum absolute atomic E-state index is 0.0571.